The summed E-state index contributed by atoms with van der Waals surface area (Å²) in [6, 6.07) is 17.2. The molecule has 0 N–H and O–H groups in total. The fraction of sp³-hybridized carbons (Fsp3) is 0.227. The molecule has 3 aromatic rings. The van der Waals surface area contributed by atoms with Crippen LogP contribution in [0.15, 0.2) is 71.9 Å². The van der Waals surface area contributed by atoms with Crippen molar-refractivity contribution in [3.8, 4) is 5.75 Å². The predicted octanol–water partition coefficient (Wildman–Crippen LogP) is 5.47. The third kappa shape index (κ3) is 4.08. The van der Waals surface area contributed by atoms with Gasteiger partial charge in [-0.2, -0.15) is 0 Å². The Labute approximate surface area is 163 Å². The number of aromatic nitrogens is 1. The molecule has 138 valence electrons. The lowest BCUT2D eigenvalue weighted by atomic mass is 10.1. The molecular weight excluding hydrogens is 359 g/mol. The summed E-state index contributed by atoms with van der Waals surface area (Å²) >= 11 is 1.78. The second-order valence-electron chi connectivity index (χ2n) is 6.56. The van der Waals surface area contributed by atoms with Crippen LogP contribution in [0.5, 0.6) is 5.75 Å². The largest absolute Gasteiger partial charge is 0.497 e. The van der Waals surface area contributed by atoms with Crippen molar-refractivity contribution in [2.24, 2.45) is 0 Å². The Bertz CT molecular complexity index is 919. The molecule has 0 saturated carbocycles. The van der Waals surface area contributed by atoms with Gasteiger partial charge in [-0.05, 0) is 60.0 Å². The van der Waals surface area contributed by atoms with Crippen LogP contribution in [0.25, 0.3) is 0 Å². The average molecular weight is 380 g/mol. The highest BCUT2D eigenvalue weighted by atomic mass is 32.2. The molecule has 2 heterocycles. The minimum Gasteiger partial charge on any atom is -0.497 e. The van der Waals surface area contributed by atoms with E-state index < -0.39 is 0 Å². The SMILES string of the molecule is COc1ccc2c(c1)SC(c1cccc(F)c1)CCN2Cc1ccncc1. The van der Waals surface area contributed by atoms with E-state index in [9.17, 15) is 4.39 Å². The zero-order valence-electron chi connectivity index (χ0n) is 15.1. The van der Waals surface area contributed by atoms with E-state index in [2.05, 4.69) is 22.0 Å². The van der Waals surface area contributed by atoms with Gasteiger partial charge in [0.25, 0.3) is 0 Å². The lowest BCUT2D eigenvalue weighted by Gasteiger charge is -2.25. The van der Waals surface area contributed by atoms with E-state index in [0.717, 1.165) is 35.7 Å². The van der Waals surface area contributed by atoms with Gasteiger partial charge in [-0.1, -0.05) is 12.1 Å². The molecular formula is C22H21FN2OS. The van der Waals surface area contributed by atoms with Gasteiger partial charge in [0.05, 0.1) is 12.8 Å². The first-order valence-corrected chi connectivity index (χ1v) is 9.85. The topological polar surface area (TPSA) is 25.4 Å². The Balaban J connectivity index is 1.68. The normalized spacial score (nSPS) is 16.5. The van der Waals surface area contributed by atoms with Crippen molar-refractivity contribution >= 4 is 17.4 Å². The molecule has 1 aromatic heterocycles. The van der Waals surface area contributed by atoms with Gasteiger partial charge in [-0.15, -0.1) is 11.8 Å². The molecule has 1 aliphatic heterocycles. The molecule has 0 aliphatic carbocycles. The Morgan fingerprint density at radius 3 is 2.78 bits per heavy atom. The first-order valence-electron chi connectivity index (χ1n) is 8.97. The third-order valence-electron chi connectivity index (χ3n) is 4.78. The summed E-state index contributed by atoms with van der Waals surface area (Å²) in [5, 5.41) is 0.203. The average Bonchev–Trinajstić information content (AvgIpc) is 2.88. The van der Waals surface area contributed by atoms with Crippen LogP contribution >= 0.6 is 11.8 Å². The van der Waals surface area contributed by atoms with Crippen LogP contribution in [-0.2, 0) is 6.54 Å². The molecule has 1 atom stereocenters. The molecule has 0 spiro atoms. The molecule has 0 saturated heterocycles. The highest BCUT2D eigenvalue weighted by Crippen LogP contribution is 2.46. The van der Waals surface area contributed by atoms with E-state index in [0.29, 0.717) is 0 Å². The molecule has 1 unspecified atom stereocenters. The number of pyridine rings is 1. The van der Waals surface area contributed by atoms with Crippen molar-refractivity contribution in [3.63, 3.8) is 0 Å². The summed E-state index contributed by atoms with van der Waals surface area (Å²) in [4.78, 5) is 7.66. The number of halogens is 1. The second kappa shape index (κ2) is 8.01. The third-order valence-corrected chi connectivity index (χ3v) is 6.15. The van der Waals surface area contributed by atoms with Crippen molar-refractivity contribution in [2.45, 2.75) is 23.1 Å². The number of benzene rings is 2. The molecule has 0 amide bonds. The molecule has 0 bridgehead atoms. The van der Waals surface area contributed by atoms with Crippen molar-refractivity contribution in [1.82, 2.24) is 4.98 Å². The molecule has 27 heavy (non-hydrogen) atoms. The van der Waals surface area contributed by atoms with Gasteiger partial charge >= 0.3 is 0 Å². The lowest BCUT2D eigenvalue weighted by Crippen LogP contribution is -2.24. The van der Waals surface area contributed by atoms with E-state index in [1.165, 1.54) is 17.3 Å². The fourth-order valence-electron chi connectivity index (χ4n) is 3.40. The maximum absolute atomic E-state index is 13.8. The van der Waals surface area contributed by atoms with Crippen LogP contribution in [0.1, 0.15) is 22.8 Å². The maximum atomic E-state index is 13.8. The van der Waals surface area contributed by atoms with Crippen LogP contribution in [0.2, 0.25) is 0 Å². The molecule has 5 heteroatoms. The van der Waals surface area contributed by atoms with Crippen molar-refractivity contribution in [1.29, 1.82) is 0 Å². The minimum atomic E-state index is -0.183. The lowest BCUT2D eigenvalue weighted by molar-refractivity contribution is 0.413. The number of hydrogen-bond donors (Lipinski definition) is 0. The van der Waals surface area contributed by atoms with Gasteiger partial charge in [0.1, 0.15) is 11.6 Å². The number of rotatable bonds is 4. The summed E-state index contributed by atoms with van der Waals surface area (Å²) < 4.78 is 19.2. The van der Waals surface area contributed by atoms with E-state index in [1.54, 1.807) is 31.0 Å². The molecule has 1 aliphatic rings. The van der Waals surface area contributed by atoms with Gasteiger partial charge < -0.3 is 9.64 Å². The van der Waals surface area contributed by atoms with Gasteiger partial charge in [0.15, 0.2) is 0 Å². The fourth-order valence-corrected chi connectivity index (χ4v) is 4.71. The number of hydrogen-bond acceptors (Lipinski definition) is 4. The van der Waals surface area contributed by atoms with Crippen molar-refractivity contribution < 1.29 is 9.13 Å². The number of anilines is 1. The molecule has 4 rings (SSSR count). The summed E-state index contributed by atoms with van der Waals surface area (Å²) in [5.41, 5.74) is 3.44. The standard InChI is InChI=1S/C22H21FN2OS/c1-26-19-5-6-20-22(14-19)27-21(17-3-2-4-18(23)13-17)9-12-25(20)15-16-7-10-24-11-8-16/h2-8,10-11,13-14,21H,9,12,15H2,1H3. The van der Waals surface area contributed by atoms with Gasteiger partial charge in [0, 0.05) is 35.6 Å². The van der Waals surface area contributed by atoms with E-state index >= 15 is 0 Å². The highest BCUT2D eigenvalue weighted by Gasteiger charge is 2.24. The first-order chi connectivity index (χ1) is 13.2. The van der Waals surface area contributed by atoms with Gasteiger partial charge in [-0.25, -0.2) is 4.39 Å². The molecule has 0 fully saturated rings. The molecule has 0 radical (unpaired) electrons. The number of thioether (sulfide) groups is 1. The highest BCUT2D eigenvalue weighted by molar-refractivity contribution is 7.99. The van der Waals surface area contributed by atoms with E-state index in [4.69, 9.17) is 4.74 Å². The van der Waals surface area contributed by atoms with Crippen LogP contribution in [0, 0.1) is 5.82 Å². The zero-order chi connectivity index (χ0) is 18.6. The Hall–Kier alpha value is -2.53. The first kappa shape index (κ1) is 17.9. The van der Waals surface area contributed by atoms with Gasteiger partial charge in [0.2, 0.25) is 0 Å². The number of fused-ring (bicyclic) bond motifs is 1. The number of nitrogens with zero attached hydrogens (tertiary/aromatic N) is 2. The number of methoxy groups -OCH3 is 1. The summed E-state index contributed by atoms with van der Waals surface area (Å²) in [6.07, 6.45) is 4.59. The van der Waals surface area contributed by atoms with Crippen molar-refractivity contribution in [2.75, 3.05) is 18.6 Å². The van der Waals surface area contributed by atoms with Crippen molar-refractivity contribution in [3.05, 3.63) is 83.9 Å². The van der Waals surface area contributed by atoms with Crippen LogP contribution in [-0.4, -0.2) is 18.6 Å². The maximum Gasteiger partial charge on any atom is 0.123 e. The molecule has 2 aromatic carbocycles. The Kier molecular flexibility index (Phi) is 5.30. The monoisotopic (exact) mass is 380 g/mol. The number of ether oxygens (including phenoxy) is 1. The molecule has 3 nitrogen and oxygen atoms in total. The predicted molar refractivity (Wildman–Crippen MR) is 108 cm³/mol. The summed E-state index contributed by atoms with van der Waals surface area (Å²) in [5.74, 6) is 0.654. The summed E-state index contributed by atoms with van der Waals surface area (Å²) in [7, 11) is 1.68. The second-order valence-corrected chi connectivity index (χ2v) is 7.81. The summed E-state index contributed by atoms with van der Waals surface area (Å²) in [6.45, 7) is 1.72. The van der Waals surface area contributed by atoms with Crippen LogP contribution in [0.3, 0.4) is 0 Å². The Morgan fingerprint density at radius 2 is 2.00 bits per heavy atom. The quantitative estimate of drug-likeness (QED) is 0.599. The van der Waals surface area contributed by atoms with E-state index in [1.807, 2.05) is 36.7 Å². The smallest absolute Gasteiger partial charge is 0.123 e. The van der Waals surface area contributed by atoms with Crippen LogP contribution < -0.4 is 9.64 Å². The van der Waals surface area contributed by atoms with Crippen LogP contribution in [0.4, 0.5) is 10.1 Å². The zero-order valence-corrected chi connectivity index (χ0v) is 16.0. The minimum absolute atomic E-state index is 0.183. The Morgan fingerprint density at radius 1 is 1.15 bits per heavy atom. The van der Waals surface area contributed by atoms with Gasteiger partial charge in [-0.3, -0.25) is 4.98 Å². The van der Waals surface area contributed by atoms with E-state index in [-0.39, 0.29) is 11.1 Å².